The number of para-hydroxylation sites is 1. The van der Waals surface area contributed by atoms with E-state index in [1.165, 1.54) is 0 Å². The molecule has 0 aliphatic heterocycles. The minimum absolute atomic E-state index is 0.0353. The van der Waals surface area contributed by atoms with E-state index in [0.29, 0.717) is 22.9 Å². The van der Waals surface area contributed by atoms with Gasteiger partial charge < -0.3 is 5.32 Å². The molecule has 110 valence electrons. The number of anilines is 1. The smallest absolute Gasteiger partial charge is 0.224 e. The van der Waals surface area contributed by atoms with E-state index in [-0.39, 0.29) is 5.91 Å². The molecule has 2 aromatic carbocycles. The molecular weight excluding hydrogens is 305 g/mol. The zero-order chi connectivity index (χ0) is 15.2. The van der Waals surface area contributed by atoms with E-state index in [2.05, 4.69) is 12.2 Å². The summed E-state index contributed by atoms with van der Waals surface area (Å²) in [5.41, 5.74) is 2.82. The fourth-order valence-electron chi connectivity index (χ4n) is 2.17. The van der Waals surface area contributed by atoms with Crippen molar-refractivity contribution in [2.75, 3.05) is 5.32 Å². The third-order valence-corrected chi connectivity index (χ3v) is 4.04. The van der Waals surface area contributed by atoms with Crippen molar-refractivity contribution in [3.05, 3.63) is 63.6 Å². The zero-order valence-corrected chi connectivity index (χ0v) is 13.3. The van der Waals surface area contributed by atoms with Crippen LogP contribution in [0.5, 0.6) is 0 Å². The molecule has 0 saturated heterocycles. The summed E-state index contributed by atoms with van der Waals surface area (Å²) in [6.07, 6.45) is 1.76. The van der Waals surface area contributed by atoms with Crippen molar-refractivity contribution in [1.29, 1.82) is 0 Å². The van der Waals surface area contributed by atoms with E-state index in [0.717, 1.165) is 23.2 Å². The standard InChI is InChI=1S/C17H17Cl2NO/c1-2-12-6-3-4-9-16(12)20-17(21)11-10-13-14(18)7-5-8-15(13)19/h3-9H,2,10-11H2,1H3,(H,20,21). The van der Waals surface area contributed by atoms with Crippen molar-refractivity contribution in [2.24, 2.45) is 0 Å². The molecule has 0 aromatic heterocycles. The summed E-state index contributed by atoms with van der Waals surface area (Å²) in [5, 5.41) is 4.15. The summed E-state index contributed by atoms with van der Waals surface area (Å²) in [6.45, 7) is 2.06. The molecule has 0 atom stereocenters. The van der Waals surface area contributed by atoms with Gasteiger partial charge in [0.15, 0.2) is 0 Å². The Kier molecular flexibility index (Phi) is 5.66. The van der Waals surface area contributed by atoms with E-state index >= 15 is 0 Å². The average molecular weight is 322 g/mol. The maximum atomic E-state index is 12.1. The molecule has 21 heavy (non-hydrogen) atoms. The van der Waals surface area contributed by atoms with Crippen LogP contribution >= 0.6 is 23.2 Å². The highest BCUT2D eigenvalue weighted by Crippen LogP contribution is 2.25. The molecule has 0 aliphatic rings. The first-order chi connectivity index (χ1) is 10.1. The Morgan fingerprint density at radius 2 is 1.71 bits per heavy atom. The van der Waals surface area contributed by atoms with Crippen LogP contribution in [0.25, 0.3) is 0 Å². The molecule has 2 rings (SSSR count). The first-order valence-electron chi connectivity index (χ1n) is 6.92. The van der Waals surface area contributed by atoms with Crippen molar-refractivity contribution in [3.63, 3.8) is 0 Å². The number of aryl methyl sites for hydroxylation is 1. The summed E-state index contributed by atoms with van der Waals surface area (Å²) in [4.78, 5) is 12.1. The zero-order valence-electron chi connectivity index (χ0n) is 11.8. The fourth-order valence-corrected chi connectivity index (χ4v) is 2.76. The quantitative estimate of drug-likeness (QED) is 0.812. The van der Waals surface area contributed by atoms with Crippen molar-refractivity contribution < 1.29 is 4.79 Å². The Morgan fingerprint density at radius 3 is 2.38 bits per heavy atom. The molecule has 1 amide bonds. The van der Waals surface area contributed by atoms with E-state index in [1.54, 1.807) is 18.2 Å². The summed E-state index contributed by atoms with van der Waals surface area (Å²) in [5.74, 6) is -0.0353. The van der Waals surface area contributed by atoms with Crippen LogP contribution in [0.3, 0.4) is 0 Å². The molecule has 0 heterocycles. The molecule has 4 heteroatoms. The predicted octanol–water partition coefficient (Wildman–Crippen LogP) is 5.13. The number of benzene rings is 2. The number of rotatable bonds is 5. The summed E-state index contributed by atoms with van der Waals surface area (Å²) < 4.78 is 0. The maximum absolute atomic E-state index is 12.1. The van der Waals surface area contributed by atoms with Gasteiger partial charge in [0, 0.05) is 22.2 Å². The second-order valence-electron chi connectivity index (χ2n) is 4.76. The first kappa shape index (κ1) is 15.9. The Labute approximate surface area is 135 Å². The number of carbonyl (C=O) groups excluding carboxylic acids is 1. The molecule has 0 radical (unpaired) electrons. The van der Waals surface area contributed by atoms with Gasteiger partial charge >= 0.3 is 0 Å². The Bertz CT molecular complexity index is 620. The van der Waals surface area contributed by atoms with Crippen LogP contribution in [-0.4, -0.2) is 5.91 Å². The van der Waals surface area contributed by atoms with Crippen LogP contribution in [0.2, 0.25) is 10.0 Å². The predicted molar refractivity (Wildman–Crippen MR) is 89.2 cm³/mol. The van der Waals surface area contributed by atoms with Gasteiger partial charge in [0.05, 0.1) is 0 Å². The van der Waals surface area contributed by atoms with Crippen molar-refractivity contribution >= 4 is 34.8 Å². The second-order valence-corrected chi connectivity index (χ2v) is 5.57. The maximum Gasteiger partial charge on any atom is 0.224 e. The van der Waals surface area contributed by atoms with Gasteiger partial charge in [-0.05, 0) is 42.2 Å². The van der Waals surface area contributed by atoms with Gasteiger partial charge in [0.1, 0.15) is 0 Å². The summed E-state index contributed by atoms with van der Waals surface area (Å²) in [6, 6.07) is 13.2. The Hall–Kier alpha value is -1.51. The second kappa shape index (κ2) is 7.48. The van der Waals surface area contributed by atoms with E-state index in [1.807, 2.05) is 24.3 Å². The molecule has 2 nitrogen and oxygen atoms in total. The van der Waals surface area contributed by atoms with Crippen LogP contribution in [0, 0.1) is 0 Å². The lowest BCUT2D eigenvalue weighted by Gasteiger charge is -2.10. The minimum Gasteiger partial charge on any atom is -0.326 e. The molecule has 2 aromatic rings. The highest BCUT2D eigenvalue weighted by molar-refractivity contribution is 6.36. The van der Waals surface area contributed by atoms with Crippen LogP contribution in [-0.2, 0) is 17.6 Å². The molecule has 0 spiro atoms. The van der Waals surface area contributed by atoms with Gasteiger partial charge in [-0.1, -0.05) is 54.4 Å². The van der Waals surface area contributed by atoms with Crippen molar-refractivity contribution in [3.8, 4) is 0 Å². The first-order valence-corrected chi connectivity index (χ1v) is 7.68. The topological polar surface area (TPSA) is 29.1 Å². The third-order valence-electron chi connectivity index (χ3n) is 3.34. The Morgan fingerprint density at radius 1 is 1.05 bits per heavy atom. The fraction of sp³-hybridized carbons (Fsp3) is 0.235. The largest absolute Gasteiger partial charge is 0.326 e. The molecule has 0 saturated carbocycles. The number of carbonyl (C=O) groups is 1. The lowest BCUT2D eigenvalue weighted by molar-refractivity contribution is -0.116. The van der Waals surface area contributed by atoms with Crippen LogP contribution in [0.1, 0.15) is 24.5 Å². The number of halogens is 2. The van der Waals surface area contributed by atoms with Gasteiger partial charge in [0.25, 0.3) is 0 Å². The molecule has 0 bridgehead atoms. The molecular formula is C17H17Cl2NO. The highest BCUT2D eigenvalue weighted by Gasteiger charge is 2.10. The normalized spacial score (nSPS) is 10.4. The molecule has 0 aliphatic carbocycles. The third kappa shape index (κ3) is 4.23. The van der Waals surface area contributed by atoms with Crippen LogP contribution in [0.4, 0.5) is 5.69 Å². The monoisotopic (exact) mass is 321 g/mol. The van der Waals surface area contributed by atoms with Crippen LogP contribution < -0.4 is 5.32 Å². The lowest BCUT2D eigenvalue weighted by Crippen LogP contribution is -2.13. The number of amides is 1. The van der Waals surface area contributed by atoms with Gasteiger partial charge in [-0.2, -0.15) is 0 Å². The van der Waals surface area contributed by atoms with Crippen molar-refractivity contribution in [2.45, 2.75) is 26.2 Å². The molecule has 1 N–H and O–H groups in total. The lowest BCUT2D eigenvalue weighted by atomic mass is 10.1. The average Bonchev–Trinajstić information content (AvgIpc) is 2.47. The summed E-state index contributed by atoms with van der Waals surface area (Å²) in [7, 11) is 0. The number of hydrogen-bond acceptors (Lipinski definition) is 1. The van der Waals surface area contributed by atoms with E-state index in [9.17, 15) is 4.79 Å². The molecule has 0 unspecified atom stereocenters. The van der Waals surface area contributed by atoms with E-state index < -0.39 is 0 Å². The highest BCUT2D eigenvalue weighted by atomic mass is 35.5. The van der Waals surface area contributed by atoms with Gasteiger partial charge in [-0.15, -0.1) is 0 Å². The Balaban J connectivity index is 1.99. The SMILES string of the molecule is CCc1ccccc1NC(=O)CCc1c(Cl)cccc1Cl. The minimum atomic E-state index is -0.0353. The van der Waals surface area contributed by atoms with Gasteiger partial charge in [-0.3, -0.25) is 4.79 Å². The van der Waals surface area contributed by atoms with Gasteiger partial charge in [0.2, 0.25) is 5.91 Å². The molecule has 0 fully saturated rings. The number of hydrogen-bond donors (Lipinski definition) is 1. The number of nitrogens with one attached hydrogen (secondary N) is 1. The van der Waals surface area contributed by atoms with Gasteiger partial charge in [-0.25, -0.2) is 0 Å². The van der Waals surface area contributed by atoms with Crippen molar-refractivity contribution in [1.82, 2.24) is 0 Å². The summed E-state index contributed by atoms with van der Waals surface area (Å²) >= 11 is 12.2. The van der Waals surface area contributed by atoms with Crippen LogP contribution in [0.15, 0.2) is 42.5 Å². The van der Waals surface area contributed by atoms with E-state index in [4.69, 9.17) is 23.2 Å².